The van der Waals surface area contributed by atoms with Crippen LogP contribution in [0.2, 0.25) is 0 Å². The van der Waals surface area contributed by atoms with Gasteiger partial charge < -0.3 is 10.5 Å². The van der Waals surface area contributed by atoms with Crippen LogP contribution in [-0.4, -0.2) is 19.6 Å². The van der Waals surface area contributed by atoms with E-state index < -0.39 is 25.3 Å². The number of esters is 1. The Labute approximate surface area is 54.4 Å². The van der Waals surface area contributed by atoms with Gasteiger partial charge in [-0.3, -0.25) is 4.79 Å². The maximum Gasteiger partial charge on any atom is 0.305 e. The van der Waals surface area contributed by atoms with Crippen LogP contribution in [-0.2, 0) is 9.53 Å². The summed E-state index contributed by atoms with van der Waals surface area (Å²) in [6.45, 7) is -0.574. The van der Waals surface area contributed by atoms with Gasteiger partial charge in [0.05, 0.1) is 7.11 Å². The fraction of sp³-hybridized carbons (Fsp3) is 0.800. The van der Waals surface area contributed by atoms with Crippen molar-refractivity contribution in [2.24, 2.45) is 5.73 Å². The van der Waals surface area contributed by atoms with Crippen molar-refractivity contribution in [2.75, 3.05) is 13.7 Å². The topological polar surface area (TPSA) is 52.3 Å². The second-order valence-corrected chi connectivity index (χ2v) is 0.997. The van der Waals surface area contributed by atoms with Gasteiger partial charge in [-0.05, 0) is 12.9 Å². The number of nitrogens with two attached hydrogens (primary N) is 1. The van der Waals surface area contributed by atoms with Gasteiger partial charge in [-0.25, -0.2) is 0 Å². The molecule has 3 nitrogen and oxygen atoms in total. The Bertz CT molecular complexity index is 182. The molecule has 0 radical (unpaired) electrons. The van der Waals surface area contributed by atoms with Crippen molar-refractivity contribution in [3.05, 3.63) is 0 Å². The molecule has 0 aliphatic carbocycles. The van der Waals surface area contributed by atoms with Crippen LogP contribution in [0.3, 0.4) is 0 Å². The summed E-state index contributed by atoms with van der Waals surface area (Å²) in [5.74, 6) is -1.25. The van der Waals surface area contributed by atoms with E-state index in [-0.39, 0.29) is 0 Å². The summed E-state index contributed by atoms with van der Waals surface area (Å²) in [5.41, 5.74) is 4.96. The highest BCUT2D eigenvalue weighted by molar-refractivity contribution is 5.68. The zero-order valence-electron chi connectivity index (χ0n) is 8.60. The van der Waals surface area contributed by atoms with Gasteiger partial charge in [0.25, 0.3) is 0 Å². The highest BCUT2D eigenvalue weighted by Crippen LogP contribution is 1.86. The predicted molar refractivity (Wildman–Crippen MR) is 30.3 cm³/mol. The third-order valence-electron chi connectivity index (χ3n) is 0.478. The van der Waals surface area contributed by atoms with Crippen LogP contribution in [0.5, 0.6) is 0 Å². The molecule has 0 spiro atoms. The molecule has 2 N–H and O–H groups in total. The van der Waals surface area contributed by atoms with Crippen molar-refractivity contribution >= 4 is 5.97 Å². The number of hydrogen-bond acceptors (Lipinski definition) is 3. The maximum absolute atomic E-state index is 10.7. The van der Waals surface area contributed by atoms with Crippen LogP contribution in [0.15, 0.2) is 0 Å². The van der Waals surface area contributed by atoms with E-state index in [0.29, 0.717) is 0 Å². The van der Waals surface area contributed by atoms with Gasteiger partial charge in [0.15, 0.2) is 0 Å². The Hall–Kier alpha value is -0.570. The SMILES string of the molecule is [2H]C([2H])(CN)C([2H])([2H])C(=O)OC. The summed E-state index contributed by atoms with van der Waals surface area (Å²) < 4.78 is 32.4. The summed E-state index contributed by atoms with van der Waals surface area (Å²) in [6, 6.07) is 0. The van der Waals surface area contributed by atoms with Crippen molar-refractivity contribution in [2.45, 2.75) is 12.7 Å². The van der Waals surface area contributed by atoms with Gasteiger partial charge in [0.1, 0.15) is 0 Å². The third-order valence-corrected chi connectivity index (χ3v) is 0.478. The minimum absolute atomic E-state index is 0.574. The molecule has 0 amide bonds. The van der Waals surface area contributed by atoms with Crippen molar-refractivity contribution in [1.29, 1.82) is 0 Å². The van der Waals surface area contributed by atoms with Crippen LogP contribution in [0.25, 0.3) is 0 Å². The summed E-state index contributed by atoms with van der Waals surface area (Å²) in [6.07, 6.45) is -5.10. The van der Waals surface area contributed by atoms with E-state index in [9.17, 15) is 4.79 Å². The van der Waals surface area contributed by atoms with E-state index in [2.05, 4.69) is 4.74 Å². The smallest absolute Gasteiger partial charge is 0.305 e. The summed E-state index contributed by atoms with van der Waals surface area (Å²) in [4.78, 5) is 10.7. The molecule has 0 bridgehead atoms. The van der Waals surface area contributed by atoms with Gasteiger partial charge >= 0.3 is 5.97 Å². The first kappa shape index (κ1) is 2.82. The van der Waals surface area contributed by atoms with E-state index in [1.54, 1.807) is 0 Å². The van der Waals surface area contributed by atoms with E-state index in [1.807, 2.05) is 0 Å². The van der Waals surface area contributed by atoms with Crippen molar-refractivity contribution in [3.8, 4) is 0 Å². The largest absolute Gasteiger partial charge is 0.469 e. The van der Waals surface area contributed by atoms with Crippen molar-refractivity contribution in [1.82, 2.24) is 0 Å². The predicted octanol–water partition coefficient (Wildman–Crippen LogP) is -0.102. The van der Waals surface area contributed by atoms with E-state index >= 15 is 0 Å². The van der Waals surface area contributed by atoms with E-state index in [1.165, 1.54) is 0 Å². The molecule has 0 saturated carbocycles. The van der Waals surface area contributed by atoms with Gasteiger partial charge in [-0.1, -0.05) is 0 Å². The fourth-order valence-corrected chi connectivity index (χ4v) is 0.174. The van der Waals surface area contributed by atoms with E-state index in [4.69, 9.17) is 11.2 Å². The molecule has 0 unspecified atom stereocenters. The maximum atomic E-state index is 10.7. The molecular formula is C5H11NO2. The van der Waals surface area contributed by atoms with Crippen LogP contribution in [0.4, 0.5) is 0 Å². The average Bonchev–Trinajstić information content (AvgIpc) is 2.02. The molecule has 0 saturated heterocycles. The van der Waals surface area contributed by atoms with Crippen LogP contribution in [0, 0.1) is 0 Å². The molecule has 0 fully saturated rings. The minimum Gasteiger partial charge on any atom is -0.469 e. The number of rotatable bonds is 3. The molecule has 3 heteroatoms. The normalized spacial score (nSPS) is 19.8. The number of ether oxygens (including phenoxy) is 1. The zero-order chi connectivity index (χ0) is 9.99. The van der Waals surface area contributed by atoms with Crippen molar-refractivity contribution < 1.29 is 15.0 Å². The second-order valence-electron chi connectivity index (χ2n) is 0.997. The molecule has 0 rings (SSSR count). The Morgan fingerprint density at radius 2 is 2.62 bits per heavy atom. The Kier molecular flexibility index (Phi) is 1.62. The fourth-order valence-electron chi connectivity index (χ4n) is 0.174. The quantitative estimate of drug-likeness (QED) is 0.530. The molecule has 0 aromatic carbocycles. The molecule has 0 aliphatic heterocycles. The number of carbonyl (C=O) groups excluding carboxylic acids is 1. The highest BCUT2D eigenvalue weighted by Gasteiger charge is 1.95. The number of hydrogen-bond donors (Lipinski definition) is 1. The van der Waals surface area contributed by atoms with Gasteiger partial charge in [0.2, 0.25) is 0 Å². The van der Waals surface area contributed by atoms with Crippen LogP contribution < -0.4 is 5.73 Å². The zero-order valence-corrected chi connectivity index (χ0v) is 4.60. The van der Waals surface area contributed by atoms with Gasteiger partial charge in [0, 0.05) is 11.9 Å². The van der Waals surface area contributed by atoms with Crippen LogP contribution in [0.1, 0.15) is 18.2 Å². The first-order chi connectivity index (χ1) is 5.29. The molecule has 0 aromatic heterocycles. The second kappa shape index (κ2) is 4.59. The Balaban J connectivity index is 4.71. The first-order valence-electron chi connectivity index (χ1n) is 4.08. The lowest BCUT2D eigenvalue weighted by Gasteiger charge is -1.93. The summed E-state index contributed by atoms with van der Waals surface area (Å²) in [7, 11) is 0.993. The monoisotopic (exact) mass is 121 g/mol. The Morgan fingerprint density at radius 3 is 3.00 bits per heavy atom. The van der Waals surface area contributed by atoms with E-state index in [0.717, 1.165) is 7.11 Å². The minimum atomic E-state index is -2.70. The molecule has 48 valence electrons. The lowest BCUT2D eigenvalue weighted by molar-refractivity contribution is -0.140. The first-order valence-corrected chi connectivity index (χ1v) is 2.08. The molecule has 0 aliphatic rings. The highest BCUT2D eigenvalue weighted by atomic mass is 16.5. The van der Waals surface area contributed by atoms with Crippen molar-refractivity contribution in [3.63, 3.8) is 0 Å². The van der Waals surface area contributed by atoms with Gasteiger partial charge in [-0.2, -0.15) is 0 Å². The average molecular weight is 121 g/mol. The van der Waals surface area contributed by atoms with Crippen LogP contribution >= 0.6 is 0 Å². The summed E-state index contributed by atoms with van der Waals surface area (Å²) >= 11 is 0. The molecular weight excluding hydrogens is 106 g/mol. The molecule has 0 atom stereocenters. The Morgan fingerprint density at radius 1 is 2.00 bits per heavy atom. The molecule has 0 aromatic rings. The lowest BCUT2D eigenvalue weighted by Crippen LogP contribution is -2.05. The lowest BCUT2D eigenvalue weighted by atomic mass is 10.3. The summed E-state index contributed by atoms with van der Waals surface area (Å²) in [5, 5.41) is 0. The molecule has 8 heavy (non-hydrogen) atoms. The third kappa shape index (κ3) is 3.61. The molecule has 0 heterocycles. The number of methoxy groups -OCH3 is 1. The standard InChI is InChI=1S/C5H11NO2/c1-8-5(7)3-2-4-6/h2-4,6H2,1H3/i2D2,3D2. The van der Waals surface area contributed by atoms with Gasteiger partial charge in [-0.15, -0.1) is 0 Å². The number of carbonyl (C=O) groups is 1.